The van der Waals surface area contributed by atoms with E-state index in [-0.39, 0.29) is 19.2 Å². The molecule has 6 rings (SSSR count). The summed E-state index contributed by atoms with van der Waals surface area (Å²) < 4.78 is 24.1. The lowest BCUT2D eigenvalue weighted by molar-refractivity contribution is 0.0491. The van der Waals surface area contributed by atoms with E-state index in [9.17, 15) is 4.79 Å². The second-order valence-corrected chi connectivity index (χ2v) is 8.90. The van der Waals surface area contributed by atoms with Gasteiger partial charge < -0.3 is 18.6 Å². The standard InChI is InChI=1S/C27H21N3O5S/c1-2-32-26(31)24-20(19-10-6-7-11-21(19)35-24)15-36-27-29-28-25(30(27)18-8-4-3-5-9-18)17-12-13-22-23(14-17)34-16-33-22/h3-14H,2,15-16H2,1H3. The first-order valence-electron chi connectivity index (χ1n) is 11.4. The maximum atomic E-state index is 12.6. The lowest BCUT2D eigenvalue weighted by Gasteiger charge is -2.11. The average Bonchev–Trinajstić information content (AvgIpc) is 3.64. The number of carbonyl (C=O) groups excluding carboxylic acids is 1. The summed E-state index contributed by atoms with van der Waals surface area (Å²) in [6, 6.07) is 23.2. The van der Waals surface area contributed by atoms with E-state index in [0.29, 0.717) is 33.8 Å². The number of hydrogen-bond donors (Lipinski definition) is 0. The van der Waals surface area contributed by atoms with Crippen molar-refractivity contribution in [3.05, 3.63) is 84.1 Å². The third-order valence-corrected chi connectivity index (χ3v) is 6.74. The van der Waals surface area contributed by atoms with Gasteiger partial charge in [0.2, 0.25) is 12.6 Å². The Hall–Kier alpha value is -4.24. The summed E-state index contributed by atoms with van der Waals surface area (Å²) in [5, 5.41) is 10.6. The molecule has 5 aromatic rings. The zero-order valence-corrected chi connectivity index (χ0v) is 20.2. The van der Waals surface area contributed by atoms with Crippen LogP contribution in [0.2, 0.25) is 0 Å². The van der Waals surface area contributed by atoms with Crippen LogP contribution in [0.4, 0.5) is 0 Å². The first kappa shape index (κ1) is 22.2. The fourth-order valence-electron chi connectivity index (χ4n) is 4.14. The van der Waals surface area contributed by atoms with Crippen LogP contribution in [0.15, 0.2) is 82.4 Å². The molecule has 0 aliphatic carbocycles. The van der Waals surface area contributed by atoms with Crippen molar-refractivity contribution in [3.8, 4) is 28.6 Å². The molecule has 1 aliphatic heterocycles. The van der Waals surface area contributed by atoms with Gasteiger partial charge in [-0.2, -0.15) is 0 Å². The lowest BCUT2D eigenvalue weighted by Crippen LogP contribution is -2.06. The van der Waals surface area contributed by atoms with Crippen molar-refractivity contribution in [2.75, 3.05) is 13.4 Å². The molecule has 0 unspecified atom stereocenters. The first-order valence-corrected chi connectivity index (χ1v) is 12.4. The van der Waals surface area contributed by atoms with Crippen molar-refractivity contribution in [2.24, 2.45) is 0 Å². The van der Waals surface area contributed by atoms with Crippen LogP contribution in [0.25, 0.3) is 28.0 Å². The summed E-state index contributed by atoms with van der Waals surface area (Å²) in [6.45, 7) is 2.24. The van der Waals surface area contributed by atoms with Crippen LogP contribution < -0.4 is 9.47 Å². The third kappa shape index (κ3) is 3.97. The van der Waals surface area contributed by atoms with Gasteiger partial charge in [-0.05, 0) is 43.3 Å². The molecule has 0 amide bonds. The summed E-state index contributed by atoms with van der Waals surface area (Å²) >= 11 is 1.47. The second kappa shape index (κ2) is 9.43. The van der Waals surface area contributed by atoms with Gasteiger partial charge in [-0.25, -0.2) is 4.79 Å². The molecule has 36 heavy (non-hydrogen) atoms. The van der Waals surface area contributed by atoms with Crippen molar-refractivity contribution in [3.63, 3.8) is 0 Å². The fraction of sp³-hybridized carbons (Fsp3) is 0.148. The minimum absolute atomic E-state index is 0.201. The quantitative estimate of drug-likeness (QED) is 0.203. The summed E-state index contributed by atoms with van der Waals surface area (Å²) in [5.41, 5.74) is 3.17. The van der Waals surface area contributed by atoms with Gasteiger partial charge in [0.15, 0.2) is 22.5 Å². The zero-order valence-electron chi connectivity index (χ0n) is 19.3. The largest absolute Gasteiger partial charge is 0.460 e. The number of aromatic nitrogens is 3. The van der Waals surface area contributed by atoms with E-state index >= 15 is 0 Å². The van der Waals surface area contributed by atoms with Gasteiger partial charge in [0, 0.05) is 28.0 Å². The van der Waals surface area contributed by atoms with Crippen LogP contribution in [0.1, 0.15) is 23.0 Å². The van der Waals surface area contributed by atoms with Gasteiger partial charge >= 0.3 is 5.97 Å². The molecule has 0 fully saturated rings. The molecule has 0 spiro atoms. The molecule has 0 saturated heterocycles. The number of fused-ring (bicyclic) bond motifs is 2. The van der Waals surface area contributed by atoms with Crippen LogP contribution >= 0.6 is 11.8 Å². The SMILES string of the molecule is CCOC(=O)c1oc2ccccc2c1CSc1nnc(-c2ccc3c(c2)OCO3)n1-c1ccccc1. The van der Waals surface area contributed by atoms with Crippen molar-refractivity contribution in [2.45, 2.75) is 17.8 Å². The van der Waals surface area contributed by atoms with E-state index in [1.54, 1.807) is 6.92 Å². The number of hydrogen-bond acceptors (Lipinski definition) is 8. The number of ether oxygens (including phenoxy) is 3. The van der Waals surface area contributed by atoms with Crippen LogP contribution in [-0.4, -0.2) is 34.1 Å². The molecule has 180 valence electrons. The third-order valence-electron chi connectivity index (χ3n) is 5.78. The minimum atomic E-state index is -0.477. The Morgan fingerprint density at radius 3 is 2.67 bits per heavy atom. The van der Waals surface area contributed by atoms with Crippen molar-refractivity contribution >= 4 is 28.7 Å². The molecule has 0 N–H and O–H groups in total. The highest BCUT2D eigenvalue weighted by atomic mass is 32.2. The van der Waals surface area contributed by atoms with E-state index < -0.39 is 5.97 Å². The maximum Gasteiger partial charge on any atom is 0.374 e. The zero-order chi connectivity index (χ0) is 24.5. The van der Waals surface area contributed by atoms with E-state index in [1.807, 2.05) is 77.4 Å². The highest BCUT2D eigenvalue weighted by molar-refractivity contribution is 7.98. The van der Waals surface area contributed by atoms with Crippen LogP contribution in [0, 0.1) is 0 Å². The molecule has 0 bridgehead atoms. The van der Waals surface area contributed by atoms with Gasteiger partial charge in [-0.3, -0.25) is 4.57 Å². The van der Waals surface area contributed by atoms with Gasteiger partial charge in [0.05, 0.1) is 6.61 Å². The molecule has 9 heteroatoms. The summed E-state index contributed by atoms with van der Waals surface area (Å²) in [4.78, 5) is 12.6. The average molecular weight is 500 g/mol. The van der Waals surface area contributed by atoms with E-state index in [0.717, 1.165) is 22.2 Å². The number of nitrogens with zero attached hydrogens (tertiary/aromatic N) is 3. The summed E-state index contributed by atoms with van der Waals surface area (Å²) in [7, 11) is 0. The van der Waals surface area contributed by atoms with Crippen LogP contribution in [0.5, 0.6) is 11.5 Å². The number of rotatable bonds is 7. The number of furan rings is 1. The number of esters is 1. The Labute approximate surface area is 210 Å². The Kier molecular flexibility index (Phi) is 5.82. The molecular weight excluding hydrogens is 478 g/mol. The van der Waals surface area contributed by atoms with Crippen molar-refractivity contribution in [1.82, 2.24) is 14.8 Å². The van der Waals surface area contributed by atoms with E-state index in [1.165, 1.54) is 11.8 Å². The maximum absolute atomic E-state index is 12.6. The van der Waals surface area contributed by atoms with Crippen molar-refractivity contribution in [1.29, 1.82) is 0 Å². The Balaban J connectivity index is 1.40. The summed E-state index contributed by atoms with van der Waals surface area (Å²) in [5.74, 6) is 2.23. The topological polar surface area (TPSA) is 88.6 Å². The van der Waals surface area contributed by atoms with E-state index in [4.69, 9.17) is 18.6 Å². The molecule has 3 heterocycles. The predicted molar refractivity (Wildman–Crippen MR) is 135 cm³/mol. The molecule has 0 radical (unpaired) electrons. The first-order chi connectivity index (χ1) is 17.7. The molecule has 3 aromatic carbocycles. The normalized spacial score (nSPS) is 12.2. The second-order valence-electron chi connectivity index (χ2n) is 7.96. The molecule has 2 aromatic heterocycles. The Bertz CT molecular complexity index is 1560. The fourth-order valence-corrected chi connectivity index (χ4v) is 5.12. The van der Waals surface area contributed by atoms with Gasteiger partial charge in [0.1, 0.15) is 5.58 Å². The van der Waals surface area contributed by atoms with E-state index in [2.05, 4.69) is 10.2 Å². The lowest BCUT2D eigenvalue weighted by atomic mass is 10.1. The van der Waals surface area contributed by atoms with Gasteiger partial charge in [-0.15, -0.1) is 10.2 Å². The Morgan fingerprint density at radius 1 is 1.00 bits per heavy atom. The number of carbonyl (C=O) groups is 1. The number of benzene rings is 3. The van der Waals surface area contributed by atoms with Gasteiger partial charge in [-0.1, -0.05) is 48.2 Å². The number of thioether (sulfide) groups is 1. The van der Waals surface area contributed by atoms with Crippen LogP contribution in [-0.2, 0) is 10.5 Å². The summed E-state index contributed by atoms with van der Waals surface area (Å²) in [6.07, 6.45) is 0. The highest BCUT2D eigenvalue weighted by Crippen LogP contribution is 2.38. The van der Waals surface area contributed by atoms with Gasteiger partial charge in [0.25, 0.3) is 0 Å². The molecule has 8 nitrogen and oxygen atoms in total. The molecule has 1 aliphatic rings. The smallest absolute Gasteiger partial charge is 0.374 e. The van der Waals surface area contributed by atoms with Crippen molar-refractivity contribution < 1.29 is 23.4 Å². The minimum Gasteiger partial charge on any atom is -0.460 e. The van der Waals surface area contributed by atoms with Crippen LogP contribution in [0.3, 0.4) is 0 Å². The molecule has 0 atom stereocenters. The molecular formula is C27H21N3O5S. The molecule has 0 saturated carbocycles. The number of para-hydroxylation sites is 2. The monoisotopic (exact) mass is 499 g/mol. The predicted octanol–water partition coefficient (Wildman–Crippen LogP) is 5.88. The highest BCUT2D eigenvalue weighted by Gasteiger charge is 2.24. The Morgan fingerprint density at radius 2 is 1.81 bits per heavy atom.